The Labute approximate surface area is 123 Å². The van der Waals surface area contributed by atoms with Crippen molar-refractivity contribution < 1.29 is 14.3 Å². The van der Waals surface area contributed by atoms with Gasteiger partial charge in [-0.05, 0) is 31.9 Å². The number of ether oxygens (including phenoxy) is 1. The summed E-state index contributed by atoms with van der Waals surface area (Å²) in [5.74, 6) is 0.214. The highest BCUT2D eigenvalue weighted by atomic mass is 16.6. The van der Waals surface area contributed by atoms with Crippen molar-refractivity contribution in [3.05, 3.63) is 23.9 Å². The Bertz CT molecular complexity index is 495. The number of carbonyl (C=O) groups is 2. The Kier molecular flexibility index (Phi) is 4.97. The summed E-state index contributed by atoms with van der Waals surface area (Å²) in [4.78, 5) is 28.4. The number of nitrogens with one attached hydrogen (secondary N) is 1. The van der Waals surface area contributed by atoms with Crippen LogP contribution in [0.5, 0.6) is 0 Å². The molecule has 2 rings (SSSR count). The van der Waals surface area contributed by atoms with Crippen LogP contribution in [0.25, 0.3) is 0 Å². The number of carbonyl (C=O) groups excluding carboxylic acids is 2. The number of amides is 2. The standard InChI is InChI=1S/C14H20N4O3/c1-2-21-14(20)18-7-5-11(6-8-18)17-12-4-3-10(9-16-12)13(15)19/h3-4,9,11H,2,5-8H2,1H3,(H2,15,19)(H,16,17). The molecule has 0 atom stereocenters. The summed E-state index contributed by atoms with van der Waals surface area (Å²) in [7, 11) is 0. The maximum absolute atomic E-state index is 11.6. The molecule has 0 aromatic carbocycles. The lowest BCUT2D eigenvalue weighted by atomic mass is 10.1. The fraction of sp³-hybridized carbons (Fsp3) is 0.500. The highest BCUT2D eigenvalue weighted by Gasteiger charge is 2.23. The number of pyridine rings is 1. The number of anilines is 1. The molecule has 2 amide bonds. The molecule has 0 aliphatic carbocycles. The maximum atomic E-state index is 11.6. The van der Waals surface area contributed by atoms with Gasteiger partial charge in [-0.15, -0.1) is 0 Å². The molecular formula is C14H20N4O3. The van der Waals surface area contributed by atoms with Gasteiger partial charge in [-0.1, -0.05) is 0 Å². The number of nitrogens with two attached hydrogens (primary N) is 1. The number of rotatable bonds is 4. The van der Waals surface area contributed by atoms with E-state index in [1.54, 1.807) is 24.0 Å². The Balaban J connectivity index is 1.83. The third-order valence-corrected chi connectivity index (χ3v) is 3.42. The van der Waals surface area contributed by atoms with E-state index in [0.717, 1.165) is 12.8 Å². The van der Waals surface area contributed by atoms with E-state index in [9.17, 15) is 9.59 Å². The lowest BCUT2D eigenvalue weighted by Gasteiger charge is -2.31. The molecule has 0 spiro atoms. The van der Waals surface area contributed by atoms with Crippen LogP contribution in [0.3, 0.4) is 0 Å². The average molecular weight is 292 g/mol. The predicted molar refractivity (Wildman–Crippen MR) is 78.0 cm³/mol. The molecule has 7 nitrogen and oxygen atoms in total. The number of hydrogen-bond acceptors (Lipinski definition) is 5. The Hall–Kier alpha value is -2.31. The predicted octanol–water partition coefficient (Wildman–Crippen LogP) is 1.21. The third-order valence-electron chi connectivity index (χ3n) is 3.42. The number of piperidine rings is 1. The quantitative estimate of drug-likeness (QED) is 0.869. The van der Waals surface area contributed by atoms with Gasteiger partial charge in [0.25, 0.3) is 0 Å². The van der Waals surface area contributed by atoms with Crippen LogP contribution in [0.4, 0.5) is 10.6 Å². The van der Waals surface area contributed by atoms with Crippen LogP contribution in [0.15, 0.2) is 18.3 Å². The maximum Gasteiger partial charge on any atom is 0.409 e. The van der Waals surface area contributed by atoms with E-state index < -0.39 is 5.91 Å². The fourth-order valence-electron chi connectivity index (χ4n) is 2.26. The van der Waals surface area contributed by atoms with E-state index in [1.807, 2.05) is 0 Å². The summed E-state index contributed by atoms with van der Waals surface area (Å²) in [5, 5.41) is 3.30. The number of aromatic nitrogens is 1. The molecule has 21 heavy (non-hydrogen) atoms. The zero-order valence-electron chi connectivity index (χ0n) is 12.0. The summed E-state index contributed by atoms with van der Waals surface area (Å²) in [6.07, 6.45) is 2.87. The lowest BCUT2D eigenvalue weighted by molar-refractivity contribution is 0.0980. The van der Waals surface area contributed by atoms with E-state index >= 15 is 0 Å². The van der Waals surface area contributed by atoms with Gasteiger partial charge in [0.2, 0.25) is 5.91 Å². The highest BCUT2D eigenvalue weighted by Crippen LogP contribution is 2.16. The minimum atomic E-state index is -0.489. The minimum Gasteiger partial charge on any atom is -0.450 e. The Morgan fingerprint density at radius 1 is 1.43 bits per heavy atom. The molecule has 1 aliphatic rings. The van der Waals surface area contributed by atoms with Crippen LogP contribution >= 0.6 is 0 Å². The Morgan fingerprint density at radius 3 is 2.67 bits per heavy atom. The molecule has 1 saturated heterocycles. The normalized spacial score (nSPS) is 15.6. The van der Waals surface area contributed by atoms with Crippen LogP contribution in [0, 0.1) is 0 Å². The van der Waals surface area contributed by atoms with Gasteiger partial charge in [0, 0.05) is 25.3 Å². The van der Waals surface area contributed by atoms with Crippen molar-refractivity contribution in [1.29, 1.82) is 0 Å². The lowest BCUT2D eigenvalue weighted by Crippen LogP contribution is -2.42. The molecule has 7 heteroatoms. The summed E-state index contributed by atoms with van der Waals surface area (Å²) in [6, 6.07) is 3.63. The van der Waals surface area contributed by atoms with Crippen molar-refractivity contribution in [3.8, 4) is 0 Å². The second kappa shape index (κ2) is 6.92. The molecule has 0 saturated carbocycles. The van der Waals surface area contributed by atoms with Crippen LogP contribution in [0.1, 0.15) is 30.1 Å². The van der Waals surface area contributed by atoms with Gasteiger partial charge in [0.15, 0.2) is 0 Å². The van der Waals surface area contributed by atoms with Gasteiger partial charge in [0.05, 0.1) is 12.2 Å². The largest absolute Gasteiger partial charge is 0.450 e. The number of primary amides is 1. The highest BCUT2D eigenvalue weighted by molar-refractivity contribution is 5.92. The molecule has 2 heterocycles. The van der Waals surface area contributed by atoms with Gasteiger partial charge >= 0.3 is 6.09 Å². The number of likely N-dealkylation sites (tertiary alicyclic amines) is 1. The van der Waals surface area contributed by atoms with E-state index in [-0.39, 0.29) is 12.1 Å². The first kappa shape index (κ1) is 15.1. The van der Waals surface area contributed by atoms with Gasteiger partial charge in [-0.3, -0.25) is 4.79 Å². The van der Waals surface area contributed by atoms with Gasteiger partial charge in [-0.25, -0.2) is 9.78 Å². The van der Waals surface area contributed by atoms with Gasteiger partial charge in [0.1, 0.15) is 5.82 Å². The van der Waals surface area contributed by atoms with Crippen LogP contribution in [0.2, 0.25) is 0 Å². The molecule has 1 aromatic heterocycles. The summed E-state index contributed by atoms with van der Waals surface area (Å²) >= 11 is 0. The van der Waals surface area contributed by atoms with E-state index in [0.29, 0.717) is 31.1 Å². The first-order valence-electron chi connectivity index (χ1n) is 7.04. The molecule has 1 aliphatic heterocycles. The molecule has 0 radical (unpaired) electrons. The molecule has 1 fully saturated rings. The summed E-state index contributed by atoms with van der Waals surface area (Å²) in [6.45, 7) is 3.52. The van der Waals surface area contributed by atoms with Crippen molar-refractivity contribution >= 4 is 17.8 Å². The van der Waals surface area contributed by atoms with Crippen molar-refractivity contribution in [1.82, 2.24) is 9.88 Å². The smallest absolute Gasteiger partial charge is 0.409 e. The first-order chi connectivity index (χ1) is 10.1. The van der Waals surface area contributed by atoms with Crippen LogP contribution in [-0.4, -0.2) is 47.6 Å². The second-order valence-corrected chi connectivity index (χ2v) is 4.90. The van der Waals surface area contributed by atoms with Gasteiger partial charge in [-0.2, -0.15) is 0 Å². The third kappa shape index (κ3) is 4.08. The molecule has 1 aromatic rings. The minimum absolute atomic E-state index is 0.250. The summed E-state index contributed by atoms with van der Waals surface area (Å²) < 4.78 is 4.98. The van der Waals surface area contributed by atoms with E-state index in [2.05, 4.69) is 10.3 Å². The second-order valence-electron chi connectivity index (χ2n) is 4.90. The molecular weight excluding hydrogens is 272 g/mol. The zero-order valence-corrected chi connectivity index (χ0v) is 12.0. The van der Waals surface area contributed by atoms with Crippen LogP contribution < -0.4 is 11.1 Å². The van der Waals surface area contributed by atoms with E-state index in [4.69, 9.17) is 10.5 Å². The molecule has 114 valence electrons. The topological polar surface area (TPSA) is 97.5 Å². The van der Waals surface area contributed by atoms with Crippen molar-refractivity contribution in [2.75, 3.05) is 25.0 Å². The number of hydrogen-bond donors (Lipinski definition) is 2. The van der Waals surface area contributed by atoms with Crippen molar-refractivity contribution in [3.63, 3.8) is 0 Å². The fourth-order valence-corrected chi connectivity index (χ4v) is 2.26. The first-order valence-corrected chi connectivity index (χ1v) is 7.04. The SMILES string of the molecule is CCOC(=O)N1CCC(Nc2ccc(C(N)=O)cn2)CC1. The van der Waals surface area contributed by atoms with Gasteiger partial charge < -0.3 is 20.7 Å². The van der Waals surface area contributed by atoms with E-state index in [1.165, 1.54) is 6.20 Å². The van der Waals surface area contributed by atoms with Crippen molar-refractivity contribution in [2.45, 2.75) is 25.8 Å². The zero-order chi connectivity index (χ0) is 15.2. The summed E-state index contributed by atoms with van der Waals surface area (Å²) in [5.41, 5.74) is 5.55. The van der Waals surface area contributed by atoms with Crippen molar-refractivity contribution in [2.24, 2.45) is 5.73 Å². The molecule has 3 N–H and O–H groups in total. The molecule has 0 bridgehead atoms. The Morgan fingerprint density at radius 2 is 2.14 bits per heavy atom. The molecule has 0 unspecified atom stereocenters. The average Bonchev–Trinajstić information content (AvgIpc) is 2.49. The van der Waals surface area contributed by atoms with Crippen LogP contribution in [-0.2, 0) is 4.74 Å². The number of nitrogens with zero attached hydrogens (tertiary/aromatic N) is 2. The monoisotopic (exact) mass is 292 g/mol.